The molecular weight excluding hydrogens is 345 g/mol. The van der Waals surface area contributed by atoms with E-state index in [0.29, 0.717) is 18.3 Å². The zero-order valence-electron chi connectivity index (χ0n) is 14.4. The van der Waals surface area contributed by atoms with E-state index in [0.717, 1.165) is 30.5 Å². The molecule has 1 atom stereocenters. The van der Waals surface area contributed by atoms with Crippen LogP contribution >= 0.6 is 0 Å². The minimum Gasteiger partial charge on any atom is -0.467 e. The minimum atomic E-state index is -4.34. The number of alkyl halides is 3. The summed E-state index contributed by atoms with van der Waals surface area (Å²) >= 11 is 0. The van der Waals surface area contributed by atoms with Crippen molar-refractivity contribution in [2.24, 2.45) is 0 Å². The molecule has 1 aliphatic rings. The molecule has 0 spiro atoms. The van der Waals surface area contributed by atoms with Gasteiger partial charge in [-0.05, 0) is 49.6 Å². The molecule has 0 unspecified atom stereocenters. The largest absolute Gasteiger partial charge is 0.467 e. The van der Waals surface area contributed by atoms with Crippen LogP contribution in [0.3, 0.4) is 0 Å². The summed E-state index contributed by atoms with van der Waals surface area (Å²) in [6.07, 6.45) is -0.779. The van der Waals surface area contributed by atoms with Gasteiger partial charge in [0.1, 0.15) is 5.76 Å². The highest BCUT2D eigenvalue weighted by molar-refractivity contribution is 5.78. The van der Waals surface area contributed by atoms with Gasteiger partial charge >= 0.3 is 6.18 Å². The van der Waals surface area contributed by atoms with Crippen molar-refractivity contribution in [3.63, 3.8) is 0 Å². The third kappa shape index (κ3) is 4.88. The maximum Gasteiger partial charge on any atom is 0.416 e. The van der Waals surface area contributed by atoms with Crippen LogP contribution in [0.2, 0.25) is 0 Å². The third-order valence-electron chi connectivity index (χ3n) is 4.42. The highest BCUT2D eigenvalue weighted by Gasteiger charge is 2.32. The number of rotatable bonds is 7. The number of carbonyl (C=O) groups is 1. The third-order valence-corrected chi connectivity index (χ3v) is 4.42. The molecule has 1 heterocycles. The topological polar surface area (TPSA) is 45.5 Å². The molecule has 1 saturated carbocycles. The van der Waals surface area contributed by atoms with E-state index in [1.165, 1.54) is 12.1 Å². The van der Waals surface area contributed by atoms with Crippen molar-refractivity contribution in [2.45, 2.75) is 44.6 Å². The average Bonchev–Trinajstić information content (AvgIpc) is 3.27. The number of amides is 1. The highest BCUT2D eigenvalue weighted by Crippen LogP contribution is 2.31. The van der Waals surface area contributed by atoms with Crippen molar-refractivity contribution in [2.75, 3.05) is 6.54 Å². The lowest BCUT2D eigenvalue weighted by Crippen LogP contribution is -2.39. The van der Waals surface area contributed by atoms with E-state index >= 15 is 0 Å². The second-order valence-electron chi connectivity index (χ2n) is 6.64. The lowest BCUT2D eigenvalue weighted by Gasteiger charge is -2.22. The molecule has 1 fully saturated rings. The summed E-state index contributed by atoms with van der Waals surface area (Å²) in [6.45, 7) is 2.50. The molecule has 1 aromatic heterocycles. The second kappa shape index (κ2) is 7.53. The van der Waals surface area contributed by atoms with Crippen LogP contribution in [0.1, 0.15) is 42.7 Å². The number of furan rings is 1. The Morgan fingerprint density at radius 3 is 2.50 bits per heavy atom. The molecule has 0 radical (unpaired) electrons. The fourth-order valence-electron chi connectivity index (χ4n) is 2.87. The summed E-state index contributed by atoms with van der Waals surface area (Å²) < 4.78 is 43.3. The van der Waals surface area contributed by atoms with Crippen molar-refractivity contribution >= 4 is 5.91 Å². The Labute approximate surface area is 150 Å². The Bertz CT molecular complexity index is 722. The summed E-state index contributed by atoms with van der Waals surface area (Å²) in [7, 11) is 0. The first-order valence-corrected chi connectivity index (χ1v) is 8.56. The van der Waals surface area contributed by atoms with Gasteiger partial charge in [-0.3, -0.25) is 9.69 Å². The summed E-state index contributed by atoms with van der Waals surface area (Å²) in [5, 5.41) is 2.89. The van der Waals surface area contributed by atoms with E-state index in [1.807, 2.05) is 11.8 Å². The molecule has 0 bridgehead atoms. The molecule has 0 aliphatic heterocycles. The van der Waals surface area contributed by atoms with Crippen LogP contribution < -0.4 is 5.32 Å². The highest BCUT2D eigenvalue weighted by atomic mass is 19.4. The molecule has 1 N–H and O–H groups in total. The van der Waals surface area contributed by atoms with Crippen molar-refractivity contribution in [1.82, 2.24) is 10.2 Å². The van der Waals surface area contributed by atoms with E-state index in [9.17, 15) is 18.0 Å². The zero-order valence-corrected chi connectivity index (χ0v) is 14.4. The van der Waals surface area contributed by atoms with Crippen LogP contribution in [-0.2, 0) is 17.5 Å². The van der Waals surface area contributed by atoms with Gasteiger partial charge in [0, 0.05) is 12.6 Å². The van der Waals surface area contributed by atoms with Crippen molar-refractivity contribution < 1.29 is 22.4 Å². The average molecular weight is 366 g/mol. The fourth-order valence-corrected chi connectivity index (χ4v) is 2.87. The summed E-state index contributed by atoms with van der Waals surface area (Å²) in [4.78, 5) is 14.3. The van der Waals surface area contributed by atoms with Crippen molar-refractivity contribution in [3.05, 3.63) is 59.5 Å². The molecule has 1 amide bonds. The van der Waals surface area contributed by atoms with Gasteiger partial charge in [0.25, 0.3) is 0 Å². The van der Waals surface area contributed by atoms with Gasteiger partial charge in [-0.15, -0.1) is 0 Å². The van der Waals surface area contributed by atoms with E-state index < -0.39 is 11.7 Å². The number of carbonyl (C=O) groups excluding carboxylic acids is 1. The number of benzene rings is 1. The number of hydrogen-bond donors (Lipinski definition) is 1. The molecule has 2 aromatic rings. The summed E-state index contributed by atoms with van der Waals surface area (Å²) in [6, 6.07) is 8.75. The molecule has 7 heteroatoms. The Morgan fingerprint density at radius 2 is 1.96 bits per heavy atom. The SMILES string of the molecule is C[C@@H](NC(=O)CN(Cc1ccc(C(F)(F)F)cc1)C1CC1)c1ccco1. The number of hydrogen-bond acceptors (Lipinski definition) is 3. The monoisotopic (exact) mass is 366 g/mol. The van der Waals surface area contributed by atoms with Crippen LogP contribution in [-0.4, -0.2) is 23.4 Å². The molecular formula is C19H21F3N2O2. The van der Waals surface area contributed by atoms with Crippen LogP contribution in [0.15, 0.2) is 47.1 Å². The maximum atomic E-state index is 12.7. The Balaban J connectivity index is 1.58. The van der Waals surface area contributed by atoms with Crippen LogP contribution in [0.25, 0.3) is 0 Å². The van der Waals surface area contributed by atoms with Crippen LogP contribution in [0.4, 0.5) is 13.2 Å². The van der Waals surface area contributed by atoms with Crippen molar-refractivity contribution in [1.29, 1.82) is 0 Å². The predicted octanol–water partition coefficient (Wildman–Crippen LogP) is 4.14. The van der Waals surface area contributed by atoms with Crippen molar-refractivity contribution in [3.8, 4) is 0 Å². The molecule has 1 aromatic carbocycles. The Morgan fingerprint density at radius 1 is 1.27 bits per heavy atom. The minimum absolute atomic E-state index is 0.132. The summed E-state index contributed by atoms with van der Waals surface area (Å²) in [5.74, 6) is 0.548. The van der Waals surface area contributed by atoms with Crippen LogP contribution in [0.5, 0.6) is 0 Å². The first kappa shape index (κ1) is 18.5. The first-order valence-electron chi connectivity index (χ1n) is 8.56. The molecule has 1 aliphatic carbocycles. The lowest BCUT2D eigenvalue weighted by atomic mass is 10.1. The Hall–Kier alpha value is -2.28. The number of halogens is 3. The van der Waals surface area contributed by atoms with E-state index in [1.54, 1.807) is 18.4 Å². The lowest BCUT2D eigenvalue weighted by molar-refractivity contribution is -0.137. The first-order chi connectivity index (χ1) is 12.3. The zero-order chi connectivity index (χ0) is 18.7. The van der Waals surface area contributed by atoms with Crippen LogP contribution in [0, 0.1) is 0 Å². The Kier molecular flexibility index (Phi) is 5.36. The molecule has 140 valence electrons. The molecule has 0 saturated heterocycles. The standard InChI is InChI=1S/C19H21F3N2O2/c1-13(17-3-2-10-26-17)23-18(25)12-24(16-8-9-16)11-14-4-6-15(7-5-14)19(20,21)22/h2-7,10,13,16H,8-9,11-12H2,1H3,(H,23,25)/t13-/m1/s1. The van der Waals surface area contributed by atoms with E-state index in [-0.39, 0.29) is 18.5 Å². The van der Waals surface area contributed by atoms with E-state index in [4.69, 9.17) is 4.42 Å². The van der Waals surface area contributed by atoms with Gasteiger partial charge in [0.05, 0.1) is 24.4 Å². The van der Waals surface area contributed by atoms with Gasteiger partial charge in [0.2, 0.25) is 5.91 Å². The molecule has 26 heavy (non-hydrogen) atoms. The smallest absolute Gasteiger partial charge is 0.416 e. The van der Waals surface area contributed by atoms with Gasteiger partial charge in [-0.25, -0.2) is 0 Å². The number of nitrogens with one attached hydrogen (secondary N) is 1. The quantitative estimate of drug-likeness (QED) is 0.801. The normalized spacial score (nSPS) is 15.9. The maximum absolute atomic E-state index is 12.7. The van der Waals surface area contributed by atoms with Gasteiger partial charge in [-0.1, -0.05) is 12.1 Å². The molecule has 3 rings (SSSR count). The second-order valence-corrected chi connectivity index (χ2v) is 6.64. The van der Waals surface area contributed by atoms with Gasteiger partial charge in [0.15, 0.2) is 0 Å². The van der Waals surface area contributed by atoms with Gasteiger partial charge in [-0.2, -0.15) is 13.2 Å². The predicted molar refractivity (Wildman–Crippen MR) is 90.1 cm³/mol. The summed E-state index contributed by atoms with van der Waals surface area (Å²) in [5.41, 5.74) is 0.0982. The number of nitrogens with zero attached hydrogens (tertiary/aromatic N) is 1. The van der Waals surface area contributed by atoms with E-state index in [2.05, 4.69) is 5.32 Å². The fraction of sp³-hybridized carbons (Fsp3) is 0.421. The van der Waals surface area contributed by atoms with Gasteiger partial charge < -0.3 is 9.73 Å². The molecule has 4 nitrogen and oxygen atoms in total.